The lowest BCUT2D eigenvalue weighted by Crippen LogP contribution is -2.49. The van der Waals surface area contributed by atoms with Crippen LogP contribution in [-0.4, -0.2) is 52.0 Å². The summed E-state index contributed by atoms with van der Waals surface area (Å²) in [4.78, 5) is 11.9. The zero-order valence-corrected chi connectivity index (χ0v) is 8.79. The van der Waals surface area contributed by atoms with Crippen LogP contribution in [0.5, 0.6) is 0 Å². The standard InChI is InChI=1S/C9H14F3NO3/c1-2-6(7(14)15)13-4-3-8(16,5-13)9(10,11)12/h6,16H,2-5H2,1H3,(H,14,15)/t6-,8+/m0/s1. The summed E-state index contributed by atoms with van der Waals surface area (Å²) in [6.07, 6.45) is -4.97. The number of halogens is 3. The third-order valence-corrected chi connectivity index (χ3v) is 2.92. The number of aliphatic carboxylic acids is 1. The second kappa shape index (κ2) is 4.21. The third kappa shape index (κ3) is 2.30. The molecule has 0 aliphatic carbocycles. The zero-order chi connectivity index (χ0) is 12.6. The van der Waals surface area contributed by atoms with E-state index in [1.165, 1.54) is 0 Å². The molecule has 16 heavy (non-hydrogen) atoms. The highest BCUT2D eigenvalue weighted by atomic mass is 19.4. The van der Waals surface area contributed by atoms with Crippen molar-refractivity contribution in [1.82, 2.24) is 4.90 Å². The van der Waals surface area contributed by atoms with Crippen molar-refractivity contribution in [1.29, 1.82) is 0 Å². The number of hydrogen-bond acceptors (Lipinski definition) is 3. The first-order valence-corrected chi connectivity index (χ1v) is 4.97. The van der Waals surface area contributed by atoms with Crippen molar-refractivity contribution in [3.05, 3.63) is 0 Å². The molecular formula is C9H14F3NO3. The summed E-state index contributed by atoms with van der Waals surface area (Å²) in [7, 11) is 0. The van der Waals surface area contributed by atoms with E-state index in [0.29, 0.717) is 0 Å². The lowest BCUT2D eigenvalue weighted by atomic mass is 10.0. The largest absolute Gasteiger partial charge is 0.480 e. The third-order valence-electron chi connectivity index (χ3n) is 2.92. The maximum Gasteiger partial charge on any atom is 0.418 e. The van der Waals surface area contributed by atoms with Crippen LogP contribution >= 0.6 is 0 Å². The minimum atomic E-state index is -4.71. The molecule has 0 radical (unpaired) electrons. The van der Waals surface area contributed by atoms with Crippen molar-refractivity contribution in [3.63, 3.8) is 0 Å². The summed E-state index contributed by atoms with van der Waals surface area (Å²) in [6, 6.07) is -0.962. The van der Waals surface area contributed by atoms with Crippen molar-refractivity contribution in [2.24, 2.45) is 0 Å². The summed E-state index contributed by atoms with van der Waals surface area (Å²) < 4.78 is 37.4. The van der Waals surface area contributed by atoms with Crippen LogP contribution in [0.2, 0.25) is 0 Å². The van der Waals surface area contributed by atoms with Gasteiger partial charge in [-0.05, 0) is 12.8 Å². The van der Waals surface area contributed by atoms with E-state index in [1.54, 1.807) is 6.92 Å². The molecule has 1 aliphatic rings. The van der Waals surface area contributed by atoms with Gasteiger partial charge in [-0.1, -0.05) is 6.92 Å². The molecule has 1 rings (SSSR count). The van der Waals surface area contributed by atoms with Crippen molar-refractivity contribution in [2.75, 3.05) is 13.1 Å². The van der Waals surface area contributed by atoms with E-state index in [2.05, 4.69) is 0 Å². The van der Waals surface area contributed by atoms with Crippen LogP contribution in [-0.2, 0) is 4.79 Å². The van der Waals surface area contributed by atoms with Crippen molar-refractivity contribution >= 4 is 5.97 Å². The summed E-state index contributed by atoms with van der Waals surface area (Å²) in [5.41, 5.74) is -2.77. The molecule has 0 aromatic rings. The Morgan fingerprint density at radius 2 is 2.12 bits per heavy atom. The second-order valence-corrected chi connectivity index (χ2v) is 4.01. The maximum atomic E-state index is 12.5. The highest BCUT2D eigenvalue weighted by Crippen LogP contribution is 2.38. The lowest BCUT2D eigenvalue weighted by molar-refractivity contribution is -0.254. The molecule has 0 spiro atoms. The molecular weight excluding hydrogens is 227 g/mol. The van der Waals surface area contributed by atoms with Crippen LogP contribution in [0.4, 0.5) is 13.2 Å². The number of alkyl halides is 3. The number of nitrogens with zero attached hydrogens (tertiary/aromatic N) is 1. The van der Waals surface area contributed by atoms with E-state index in [0.717, 1.165) is 4.90 Å². The number of β-amino-alcohol motifs (C(OH)–C–C–N with tert-alkyl or cyclic N) is 1. The molecule has 1 saturated heterocycles. The monoisotopic (exact) mass is 241 g/mol. The summed E-state index contributed by atoms with van der Waals surface area (Å²) in [5.74, 6) is -1.16. The van der Waals surface area contributed by atoms with Gasteiger partial charge in [-0.3, -0.25) is 9.69 Å². The van der Waals surface area contributed by atoms with Crippen LogP contribution in [0.3, 0.4) is 0 Å². The van der Waals surface area contributed by atoms with E-state index in [-0.39, 0.29) is 13.0 Å². The van der Waals surface area contributed by atoms with Gasteiger partial charge in [-0.25, -0.2) is 0 Å². The molecule has 7 heteroatoms. The van der Waals surface area contributed by atoms with Gasteiger partial charge in [0.1, 0.15) is 6.04 Å². The summed E-state index contributed by atoms with van der Waals surface area (Å²) >= 11 is 0. The molecule has 1 fully saturated rings. The Balaban J connectivity index is 2.75. The molecule has 0 saturated carbocycles. The van der Waals surface area contributed by atoms with Gasteiger partial charge < -0.3 is 10.2 Å². The van der Waals surface area contributed by atoms with Crippen LogP contribution in [0, 0.1) is 0 Å². The quantitative estimate of drug-likeness (QED) is 0.769. The highest BCUT2D eigenvalue weighted by Gasteiger charge is 2.58. The molecule has 2 N–H and O–H groups in total. The van der Waals surface area contributed by atoms with Gasteiger partial charge in [0.15, 0.2) is 5.60 Å². The lowest BCUT2D eigenvalue weighted by Gasteiger charge is -2.28. The van der Waals surface area contributed by atoms with Crippen LogP contribution in [0.25, 0.3) is 0 Å². The first-order valence-electron chi connectivity index (χ1n) is 4.97. The SMILES string of the molecule is CC[C@@H](C(=O)O)N1CC[C@](O)(C(F)(F)F)C1. The van der Waals surface area contributed by atoms with Gasteiger partial charge in [0.05, 0.1) is 0 Å². The number of carboxylic acids is 1. The molecule has 1 aliphatic heterocycles. The van der Waals surface area contributed by atoms with Gasteiger partial charge in [0, 0.05) is 13.1 Å². The van der Waals surface area contributed by atoms with Gasteiger partial charge in [0.25, 0.3) is 0 Å². The van der Waals surface area contributed by atoms with Crippen molar-refractivity contribution < 1.29 is 28.2 Å². The number of likely N-dealkylation sites (tertiary alicyclic amines) is 1. The smallest absolute Gasteiger partial charge is 0.418 e. The zero-order valence-electron chi connectivity index (χ0n) is 8.79. The number of rotatable bonds is 3. The van der Waals surface area contributed by atoms with E-state index < -0.39 is 36.8 Å². The number of carboxylic acid groups (broad SMARTS) is 1. The highest BCUT2D eigenvalue weighted by molar-refractivity contribution is 5.73. The van der Waals surface area contributed by atoms with Crippen LogP contribution in [0.1, 0.15) is 19.8 Å². The van der Waals surface area contributed by atoms with Crippen LogP contribution < -0.4 is 0 Å². The van der Waals surface area contributed by atoms with E-state index in [9.17, 15) is 23.1 Å². The average molecular weight is 241 g/mol. The fraction of sp³-hybridized carbons (Fsp3) is 0.889. The molecule has 94 valence electrons. The van der Waals surface area contributed by atoms with E-state index in [1.807, 2.05) is 0 Å². The number of aliphatic hydroxyl groups is 1. The Kier molecular flexibility index (Phi) is 3.49. The van der Waals surface area contributed by atoms with Crippen molar-refractivity contribution in [3.8, 4) is 0 Å². The first kappa shape index (κ1) is 13.2. The predicted molar refractivity (Wildman–Crippen MR) is 48.9 cm³/mol. The Bertz CT molecular complexity index is 282. The Hall–Kier alpha value is -0.820. The second-order valence-electron chi connectivity index (χ2n) is 4.01. The van der Waals surface area contributed by atoms with Gasteiger partial charge in [-0.15, -0.1) is 0 Å². The normalized spacial score (nSPS) is 29.3. The Morgan fingerprint density at radius 1 is 1.56 bits per heavy atom. The number of carbonyl (C=O) groups is 1. The molecule has 0 aromatic heterocycles. The molecule has 1 heterocycles. The topological polar surface area (TPSA) is 60.8 Å². The molecule has 4 nitrogen and oxygen atoms in total. The van der Waals surface area contributed by atoms with Gasteiger partial charge in [0.2, 0.25) is 0 Å². The molecule has 0 amide bonds. The Morgan fingerprint density at radius 3 is 2.44 bits per heavy atom. The van der Waals surface area contributed by atoms with Crippen LogP contribution in [0.15, 0.2) is 0 Å². The van der Waals surface area contributed by atoms with Gasteiger partial charge in [-0.2, -0.15) is 13.2 Å². The summed E-state index contributed by atoms with van der Waals surface area (Å²) in [6.45, 7) is 0.867. The Labute approximate surface area is 90.7 Å². The van der Waals surface area contributed by atoms with E-state index >= 15 is 0 Å². The molecule has 0 unspecified atom stereocenters. The average Bonchev–Trinajstić information content (AvgIpc) is 2.49. The van der Waals surface area contributed by atoms with Gasteiger partial charge >= 0.3 is 12.1 Å². The molecule has 0 bridgehead atoms. The van der Waals surface area contributed by atoms with Crippen molar-refractivity contribution in [2.45, 2.75) is 37.6 Å². The molecule has 0 aromatic carbocycles. The summed E-state index contributed by atoms with van der Waals surface area (Å²) in [5, 5.41) is 18.2. The van der Waals surface area contributed by atoms with E-state index in [4.69, 9.17) is 5.11 Å². The predicted octanol–water partition coefficient (Wildman–Crippen LogP) is 0.849. The molecule has 2 atom stereocenters. The fourth-order valence-corrected chi connectivity index (χ4v) is 1.91. The minimum Gasteiger partial charge on any atom is -0.480 e. The maximum absolute atomic E-state index is 12.5. The number of hydrogen-bond donors (Lipinski definition) is 2. The minimum absolute atomic E-state index is 0.0547. The first-order chi connectivity index (χ1) is 7.21. The fourth-order valence-electron chi connectivity index (χ4n) is 1.91.